The molecule has 1 aromatic carbocycles. The van der Waals surface area contributed by atoms with E-state index in [1.165, 1.54) is 0 Å². The zero-order chi connectivity index (χ0) is 11.5. The summed E-state index contributed by atoms with van der Waals surface area (Å²) in [4.78, 5) is 0. The molecule has 7 nitrogen and oxygen atoms in total. The molecule has 0 spiro atoms. The minimum Gasteiger partial charge on any atom is -0.740 e. The molecule has 1 unspecified atom stereocenters. The Kier molecular flexibility index (Phi) is 3.63. The molecule has 0 amide bonds. The summed E-state index contributed by atoms with van der Waals surface area (Å²) >= 11 is -2.70. The predicted molar refractivity (Wildman–Crippen MR) is 48.2 cm³/mol. The molecule has 15 heavy (non-hydrogen) atoms. The van der Waals surface area contributed by atoms with Gasteiger partial charge in [0.25, 0.3) is 0 Å². The molecule has 0 fully saturated rings. The first-order valence-electron chi connectivity index (χ1n) is 3.41. The van der Waals surface area contributed by atoms with Crippen molar-refractivity contribution in [3.63, 3.8) is 0 Å². The highest BCUT2D eigenvalue weighted by Crippen LogP contribution is 2.18. The molecule has 0 aliphatic rings. The summed E-state index contributed by atoms with van der Waals surface area (Å²) in [5.41, 5.74) is 0. The van der Waals surface area contributed by atoms with E-state index in [-0.39, 0.29) is 11.5 Å². The molecular formula is C6H5O7S2-. The van der Waals surface area contributed by atoms with Crippen LogP contribution in [0.1, 0.15) is 0 Å². The van der Waals surface area contributed by atoms with Gasteiger partial charge in [-0.2, -0.15) is 8.42 Å². The average molecular weight is 253 g/mol. The smallest absolute Gasteiger partial charge is 0.446 e. The van der Waals surface area contributed by atoms with Gasteiger partial charge in [0, 0.05) is 0 Å². The summed E-state index contributed by atoms with van der Waals surface area (Å²) in [6.07, 6.45) is 0. The fraction of sp³-hybridized carbons (Fsp3) is 0. The fourth-order valence-electron chi connectivity index (χ4n) is 0.751. The average Bonchev–Trinajstić information content (AvgIpc) is 2.05. The van der Waals surface area contributed by atoms with Crippen LogP contribution in [0.4, 0.5) is 0 Å². The normalized spacial score (nSPS) is 13.2. The van der Waals surface area contributed by atoms with Gasteiger partial charge in [-0.05, 0) is 24.3 Å². The third-order valence-electron chi connectivity index (χ3n) is 1.19. The fourth-order valence-corrected chi connectivity index (χ4v) is 1.37. The monoisotopic (exact) mass is 253 g/mol. The first kappa shape index (κ1) is 11.9. The van der Waals surface area contributed by atoms with Crippen molar-refractivity contribution >= 4 is 21.8 Å². The molecular weight excluding hydrogens is 248 g/mol. The second-order valence-electron chi connectivity index (χ2n) is 2.27. The van der Waals surface area contributed by atoms with Crippen LogP contribution in [0, 0.1) is 0 Å². The van der Waals surface area contributed by atoms with Crippen LogP contribution in [0.3, 0.4) is 0 Å². The molecule has 0 saturated carbocycles. The topological polar surface area (TPSA) is 113 Å². The molecule has 9 heteroatoms. The van der Waals surface area contributed by atoms with E-state index in [0.717, 1.165) is 24.3 Å². The van der Waals surface area contributed by atoms with E-state index in [2.05, 4.69) is 8.37 Å². The van der Waals surface area contributed by atoms with E-state index in [0.29, 0.717) is 0 Å². The van der Waals surface area contributed by atoms with Gasteiger partial charge in [-0.15, -0.1) is 0 Å². The quantitative estimate of drug-likeness (QED) is 0.595. The van der Waals surface area contributed by atoms with E-state index < -0.39 is 21.8 Å². The van der Waals surface area contributed by atoms with E-state index in [9.17, 15) is 17.2 Å². The maximum atomic E-state index is 10.3. The van der Waals surface area contributed by atoms with Crippen LogP contribution >= 0.6 is 0 Å². The minimum atomic E-state index is -4.58. The lowest BCUT2D eigenvalue weighted by atomic mass is 10.3. The second kappa shape index (κ2) is 4.57. The molecule has 1 N–H and O–H groups in total. The molecule has 0 bridgehead atoms. The lowest BCUT2D eigenvalue weighted by Crippen LogP contribution is -2.06. The maximum absolute atomic E-state index is 10.3. The van der Waals surface area contributed by atoms with Crippen molar-refractivity contribution in [1.82, 2.24) is 0 Å². The SMILES string of the molecule is O=S([O-])Oc1ccc(OS(=O)(=O)O)cc1. The van der Waals surface area contributed by atoms with Gasteiger partial charge in [0.15, 0.2) is 0 Å². The maximum Gasteiger partial charge on any atom is 0.446 e. The standard InChI is InChI=1S/C6H6O7S2/c7-14(8)12-5-1-3-6(4-2-5)13-15(9,10)11/h1-4H,(H,7,8)(H,9,10,11)/p-1. The van der Waals surface area contributed by atoms with Gasteiger partial charge in [0.05, 0.1) is 0 Å². The van der Waals surface area contributed by atoms with Crippen LogP contribution in [-0.4, -0.2) is 21.7 Å². The molecule has 84 valence electrons. The molecule has 0 aromatic heterocycles. The predicted octanol–water partition coefficient (Wildman–Crippen LogP) is 0.0411. The van der Waals surface area contributed by atoms with Crippen LogP contribution in [0.15, 0.2) is 24.3 Å². The van der Waals surface area contributed by atoms with Crippen molar-refractivity contribution in [2.75, 3.05) is 0 Å². The van der Waals surface area contributed by atoms with Gasteiger partial charge in [0.2, 0.25) is 0 Å². The summed E-state index contributed by atoms with van der Waals surface area (Å²) in [6, 6.07) is 4.57. The molecule has 0 aliphatic heterocycles. The van der Waals surface area contributed by atoms with Crippen LogP contribution in [-0.2, 0) is 21.8 Å². The van der Waals surface area contributed by atoms with Gasteiger partial charge in [-0.3, -0.25) is 4.55 Å². The Bertz CT molecular complexity index is 449. The van der Waals surface area contributed by atoms with Gasteiger partial charge in [0.1, 0.15) is 22.9 Å². The Labute approximate surface area is 88.1 Å². The summed E-state index contributed by atoms with van der Waals surface area (Å²) in [5, 5.41) is 0. The minimum absolute atomic E-state index is 0.00831. The van der Waals surface area contributed by atoms with Crippen molar-refractivity contribution in [3.05, 3.63) is 24.3 Å². The van der Waals surface area contributed by atoms with Gasteiger partial charge >= 0.3 is 10.4 Å². The zero-order valence-electron chi connectivity index (χ0n) is 7.02. The van der Waals surface area contributed by atoms with Gasteiger partial charge < -0.3 is 12.9 Å². The Morgan fingerprint density at radius 3 is 2.07 bits per heavy atom. The number of benzene rings is 1. The summed E-state index contributed by atoms with van der Waals surface area (Å²) < 4.78 is 57.4. The van der Waals surface area contributed by atoms with Gasteiger partial charge in [-0.25, -0.2) is 4.21 Å². The van der Waals surface area contributed by atoms with E-state index in [4.69, 9.17) is 4.55 Å². The lowest BCUT2D eigenvalue weighted by molar-refractivity contribution is 0.386. The largest absolute Gasteiger partial charge is 0.740 e. The Balaban J connectivity index is 2.77. The Morgan fingerprint density at radius 2 is 1.67 bits per heavy atom. The van der Waals surface area contributed by atoms with Crippen molar-refractivity contribution in [3.8, 4) is 11.5 Å². The van der Waals surface area contributed by atoms with Gasteiger partial charge in [-0.1, -0.05) is 0 Å². The van der Waals surface area contributed by atoms with Crippen molar-refractivity contribution in [1.29, 1.82) is 0 Å². The number of hydrogen-bond acceptors (Lipinski definition) is 6. The first-order chi connectivity index (χ1) is 6.87. The molecule has 1 atom stereocenters. The lowest BCUT2D eigenvalue weighted by Gasteiger charge is -2.07. The molecule has 1 aromatic rings. The third-order valence-corrected chi connectivity index (χ3v) is 1.92. The summed E-state index contributed by atoms with van der Waals surface area (Å²) in [6.45, 7) is 0. The molecule has 0 radical (unpaired) electrons. The van der Waals surface area contributed by atoms with Crippen LogP contribution < -0.4 is 8.37 Å². The van der Waals surface area contributed by atoms with Crippen LogP contribution in [0.25, 0.3) is 0 Å². The Morgan fingerprint density at radius 1 is 1.20 bits per heavy atom. The zero-order valence-corrected chi connectivity index (χ0v) is 8.66. The molecule has 0 aliphatic carbocycles. The van der Waals surface area contributed by atoms with Crippen LogP contribution in [0.2, 0.25) is 0 Å². The highest BCUT2D eigenvalue weighted by Gasteiger charge is 2.06. The van der Waals surface area contributed by atoms with E-state index >= 15 is 0 Å². The highest BCUT2D eigenvalue weighted by molar-refractivity contribution is 7.81. The van der Waals surface area contributed by atoms with Crippen LogP contribution in [0.5, 0.6) is 11.5 Å². The molecule has 0 heterocycles. The highest BCUT2D eigenvalue weighted by atomic mass is 32.3. The summed E-state index contributed by atoms with van der Waals surface area (Å²) in [5.74, 6) is -0.174. The number of rotatable bonds is 4. The number of hydrogen-bond donors (Lipinski definition) is 1. The van der Waals surface area contributed by atoms with Crippen molar-refractivity contribution in [2.45, 2.75) is 0 Å². The van der Waals surface area contributed by atoms with Crippen molar-refractivity contribution < 1.29 is 30.1 Å². The molecule has 1 rings (SSSR count). The second-order valence-corrected chi connectivity index (χ2v) is 3.87. The van der Waals surface area contributed by atoms with E-state index in [1.807, 2.05) is 0 Å². The Hall–Kier alpha value is -1.16. The molecule has 0 saturated heterocycles. The van der Waals surface area contributed by atoms with Crippen molar-refractivity contribution in [2.24, 2.45) is 0 Å². The third kappa shape index (κ3) is 4.74. The van der Waals surface area contributed by atoms with E-state index in [1.54, 1.807) is 0 Å². The summed E-state index contributed by atoms with van der Waals surface area (Å²) in [7, 11) is -4.58. The first-order valence-corrected chi connectivity index (χ1v) is 5.78.